The van der Waals surface area contributed by atoms with Gasteiger partial charge in [-0.1, -0.05) is 334 Å². The minimum Gasteiger partial charge on any atom is -0.462 e. The van der Waals surface area contributed by atoms with Crippen LogP contribution in [-0.4, -0.2) is 37.2 Å². The van der Waals surface area contributed by atoms with Crippen LogP contribution in [-0.2, 0) is 28.6 Å². The molecule has 0 fully saturated rings. The van der Waals surface area contributed by atoms with Crippen LogP contribution in [0, 0.1) is 0 Å². The lowest BCUT2D eigenvalue weighted by molar-refractivity contribution is -0.167. The molecule has 0 heterocycles. The molecule has 0 aromatic carbocycles. The third kappa shape index (κ3) is 62.6. The van der Waals surface area contributed by atoms with E-state index >= 15 is 0 Å². The number of esters is 3. The number of carbonyl (C=O) groups is 3. The summed E-state index contributed by atoms with van der Waals surface area (Å²) in [6.07, 6.45) is 77.6. The van der Waals surface area contributed by atoms with Crippen LogP contribution in [0.4, 0.5) is 0 Å². The Labute approximate surface area is 468 Å². The quantitative estimate of drug-likeness (QED) is 0.0261. The number of allylic oxidation sites excluding steroid dienone is 4. The van der Waals surface area contributed by atoms with Crippen molar-refractivity contribution in [1.82, 2.24) is 0 Å². The van der Waals surface area contributed by atoms with Crippen LogP contribution in [0.1, 0.15) is 380 Å². The molecule has 6 nitrogen and oxygen atoms in total. The van der Waals surface area contributed by atoms with Gasteiger partial charge >= 0.3 is 17.9 Å². The fraction of sp³-hybridized carbons (Fsp3) is 0.899. The van der Waals surface area contributed by atoms with E-state index in [1.165, 1.54) is 276 Å². The highest BCUT2D eigenvalue weighted by Crippen LogP contribution is 2.18. The Morgan fingerprint density at radius 2 is 0.480 bits per heavy atom. The Kier molecular flexibility index (Phi) is 62.6. The van der Waals surface area contributed by atoms with Gasteiger partial charge in [0.2, 0.25) is 0 Å². The third-order valence-corrected chi connectivity index (χ3v) is 15.5. The summed E-state index contributed by atoms with van der Waals surface area (Å²) < 4.78 is 17.0. The fourth-order valence-electron chi connectivity index (χ4n) is 10.4. The first-order valence-electron chi connectivity index (χ1n) is 33.8. The first-order chi connectivity index (χ1) is 37.0. The highest BCUT2D eigenvalue weighted by Gasteiger charge is 2.19. The summed E-state index contributed by atoms with van der Waals surface area (Å²) >= 11 is 0. The second kappa shape index (κ2) is 64.4. The summed E-state index contributed by atoms with van der Waals surface area (Å²) in [5, 5.41) is 0. The molecule has 0 aromatic heterocycles. The fourth-order valence-corrected chi connectivity index (χ4v) is 10.4. The molecular weight excluding hydrogens is 925 g/mol. The van der Waals surface area contributed by atoms with Gasteiger partial charge in [-0.2, -0.15) is 0 Å². The van der Waals surface area contributed by atoms with E-state index < -0.39 is 6.10 Å². The Morgan fingerprint density at radius 3 is 0.733 bits per heavy atom. The second-order valence-electron chi connectivity index (χ2n) is 23.1. The summed E-state index contributed by atoms with van der Waals surface area (Å²) in [5.41, 5.74) is 0. The number of unbranched alkanes of at least 4 members (excludes halogenated alkanes) is 48. The van der Waals surface area contributed by atoms with Crippen LogP contribution < -0.4 is 0 Å². The molecule has 0 spiro atoms. The van der Waals surface area contributed by atoms with E-state index in [-0.39, 0.29) is 31.1 Å². The SMILES string of the molecule is CCCCCCC/C=C\C/C=C\CCCCCCCCCCCCCC(=O)OCC(COC(=O)CCCCCCCCCCCCCCCCCCC)OC(=O)CCCCCCCCCCCCCCCCCCC. The standard InChI is InChI=1S/C69H130O6/c1-4-7-10-13-16-19-22-25-28-31-32-33-34-35-36-39-41-44-47-50-53-56-59-62-68(71)74-65-66(75-69(72)63-60-57-54-51-48-45-42-38-30-27-24-21-18-15-12-9-6-3)64-73-67(70)61-58-55-52-49-46-43-40-37-29-26-23-20-17-14-11-8-5-2/h22,25,31-32,66H,4-21,23-24,26-30,33-65H2,1-3H3/b25-22-,32-31-. The average molecular weight is 1060 g/mol. The van der Waals surface area contributed by atoms with Gasteiger partial charge in [0.15, 0.2) is 6.10 Å². The molecular formula is C69H130O6. The number of carbonyl (C=O) groups excluding carboxylic acids is 3. The van der Waals surface area contributed by atoms with Crippen LogP contribution in [0.15, 0.2) is 24.3 Å². The molecule has 1 atom stereocenters. The molecule has 0 aliphatic carbocycles. The number of hydrogen-bond acceptors (Lipinski definition) is 6. The van der Waals surface area contributed by atoms with E-state index in [4.69, 9.17) is 14.2 Å². The third-order valence-electron chi connectivity index (χ3n) is 15.5. The van der Waals surface area contributed by atoms with Crippen molar-refractivity contribution in [2.45, 2.75) is 386 Å². The van der Waals surface area contributed by atoms with E-state index in [1.807, 2.05) is 0 Å². The molecule has 75 heavy (non-hydrogen) atoms. The van der Waals surface area contributed by atoms with Gasteiger partial charge < -0.3 is 14.2 Å². The van der Waals surface area contributed by atoms with Gasteiger partial charge in [-0.05, 0) is 51.4 Å². The van der Waals surface area contributed by atoms with Gasteiger partial charge in [0.05, 0.1) is 0 Å². The summed E-state index contributed by atoms with van der Waals surface area (Å²) in [5.74, 6) is -0.834. The van der Waals surface area contributed by atoms with Crippen molar-refractivity contribution >= 4 is 17.9 Å². The summed E-state index contributed by atoms with van der Waals surface area (Å²) in [4.78, 5) is 38.4. The Hall–Kier alpha value is -2.11. The van der Waals surface area contributed by atoms with E-state index in [2.05, 4.69) is 45.1 Å². The molecule has 0 N–H and O–H groups in total. The first-order valence-corrected chi connectivity index (χ1v) is 33.8. The van der Waals surface area contributed by atoms with Gasteiger partial charge in [0, 0.05) is 19.3 Å². The predicted octanol–water partition coefficient (Wildman–Crippen LogP) is 23.0. The predicted molar refractivity (Wildman–Crippen MR) is 326 cm³/mol. The molecule has 0 aliphatic rings. The van der Waals surface area contributed by atoms with Crippen molar-refractivity contribution in [3.63, 3.8) is 0 Å². The maximum Gasteiger partial charge on any atom is 0.306 e. The topological polar surface area (TPSA) is 78.9 Å². The van der Waals surface area contributed by atoms with Gasteiger partial charge in [-0.15, -0.1) is 0 Å². The molecule has 0 saturated heterocycles. The summed E-state index contributed by atoms with van der Waals surface area (Å²) in [6, 6.07) is 0. The molecule has 1 unspecified atom stereocenters. The van der Waals surface area contributed by atoms with Gasteiger partial charge in [-0.3, -0.25) is 14.4 Å². The van der Waals surface area contributed by atoms with E-state index in [0.29, 0.717) is 19.3 Å². The molecule has 0 saturated carbocycles. The lowest BCUT2D eigenvalue weighted by atomic mass is 10.0. The zero-order chi connectivity index (χ0) is 54.3. The molecule has 6 heteroatoms. The van der Waals surface area contributed by atoms with E-state index in [1.54, 1.807) is 0 Å². The van der Waals surface area contributed by atoms with Crippen LogP contribution in [0.2, 0.25) is 0 Å². The van der Waals surface area contributed by atoms with Crippen molar-refractivity contribution in [2.24, 2.45) is 0 Å². The zero-order valence-electron chi connectivity index (χ0n) is 50.8. The van der Waals surface area contributed by atoms with Gasteiger partial charge in [0.1, 0.15) is 13.2 Å². The second-order valence-corrected chi connectivity index (χ2v) is 23.1. The number of ether oxygens (including phenoxy) is 3. The first kappa shape index (κ1) is 72.9. The molecule has 442 valence electrons. The molecule has 0 aromatic rings. The highest BCUT2D eigenvalue weighted by atomic mass is 16.6. The Morgan fingerprint density at radius 1 is 0.267 bits per heavy atom. The summed E-state index contributed by atoms with van der Waals surface area (Å²) in [6.45, 7) is 6.71. The summed E-state index contributed by atoms with van der Waals surface area (Å²) in [7, 11) is 0. The molecule has 0 aliphatic heterocycles. The lowest BCUT2D eigenvalue weighted by Gasteiger charge is -2.18. The molecule has 0 amide bonds. The largest absolute Gasteiger partial charge is 0.462 e. The van der Waals surface area contributed by atoms with Crippen molar-refractivity contribution in [3.8, 4) is 0 Å². The van der Waals surface area contributed by atoms with Gasteiger partial charge in [0.25, 0.3) is 0 Å². The lowest BCUT2D eigenvalue weighted by Crippen LogP contribution is -2.30. The molecule has 0 rings (SSSR count). The van der Waals surface area contributed by atoms with Crippen LogP contribution in [0.3, 0.4) is 0 Å². The molecule has 0 bridgehead atoms. The smallest absolute Gasteiger partial charge is 0.306 e. The number of hydrogen-bond donors (Lipinski definition) is 0. The minimum atomic E-state index is -0.768. The average Bonchev–Trinajstić information content (AvgIpc) is 3.41. The minimum absolute atomic E-state index is 0.0648. The highest BCUT2D eigenvalue weighted by molar-refractivity contribution is 5.71. The maximum absolute atomic E-state index is 12.9. The normalized spacial score (nSPS) is 12.1. The monoisotopic (exact) mass is 1050 g/mol. The maximum atomic E-state index is 12.9. The number of rotatable bonds is 63. The zero-order valence-corrected chi connectivity index (χ0v) is 50.8. The van der Waals surface area contributed by atoms with Crippen LogP contribution in [0.25, 0.3) is 0 Å². The van der Waals surface area contributed by atoms with Crippen molar-refractivity contribution in [1.29, 1.82) is 0 Å². The van der Waals surface area contributed by atoms with Crippen molar-refractivity contribution in [3.05, 3.63) is 24.3 Å². The van der Waals surface area contributed by atoms with Crippen molar-refractivity contribution in [2.75, 3.05) is 13.2 Å². The van der Waals surface area contributed by atoms with E-state index in [9.17, 15) is 14.4 Å². The Balaban J connectivity index is 4.28. The van der Waals surface area contributed by atoms with Crippen LogP contribution in [0.5, 0.6) is 0 Å². The van der Waals surface area contributed by atoms with Crippen molar-refractivity contribution < 1.29 is 28.6 Å². The Bertz CT molecular complexity index is 1210. The van der Waals surface area contributed by atoms with E-state index in [0.717, 1.165) is 64.2 Å². The molecule has 0 radical (unpaired) electrons. The van der Waals surface area contributed by atoms with Gasteiger partial charge in [-0.25, -0.2) is 0 Å². The van der Waals surface area contributed by atoms with Crippen LogP contribution >= 0.6 is 0 Å².